The molecule has 2 rings (SSSR count). The molecule has 2 fully saturated rings. The second kappa shape index (κ2) is 8.27. The second-order valence-electron chi connectivity index (χ2n) is 7.45. The van der Waals surface area contributed by atoms with Crippen LogP contribution in [-0.4, -0.2) is 74.4 Å². The van der Waals surface area contributed by atoms with Gasteiger partial charge in [-0.15, -0.1) is 0 Å². The molecule has 2 aliphatic rings. The molecule has 2 heterocycles. The number of carbonyl (C=O) groups excluding carboxylic acids is 1. The Morgan fingerprint density at radius 1 is 1.18 bits per heavy atom. The van der Waals surface area contributed by atoms with E-state index in [0.717, 1.165) is 71.8 Å². The van der Waals surface area contributed by atoms with E-state index >= 15 is 0 Å². The lowest BCUT2D eigenvalue weighted by Crippen LogP contribution is -2.41. The van der Waals surface area contributed by atoms with Gasteiger partial charge >= 0.3 is 0 Å². The van der Waals surface area contributed by atoms with Crippen LogP contribution in [-0.2, 0) is 14.3 Å². The van der Waals surface area contributed by atoms with Gasteiger partial charge in [0.15, 0.2) is 0 Å². The van der Waals surface area contributed by atoms with Crippen molar-refractivity contribution in [2.75, 3.05) is 52.5 Å². The molecule has 1 amide bonds. The molecule has 0 aliphatic carbocycles. The van der Waals surface area contributed by atoms with Gasteiger partial charge in [-0.25, -0.2) is 0 Å². The molecule has 2 saturated heterocycles. The van der Waals surface area contributed by atoms with Crippen molar-refractivity contribution in [3.8, 4) is 0 Å². The largest absolute Gasteiger partial charge is 0.377 e. The van der Waals surface area contributed by atoms with E-state index in [1.807, 2.05) is 25.7 Å². The van der Waals surface area contributed by atoms with Crippen LogP contribution in [0.2, 0.25) is 0 Å². The van der Waals surface area contributed by atoms with Crippen molar-refractivity contribution in [2.24, 2.45) is 5.41 Å². The molecule has 1 atom stereocenters. The van der Waals surface area contributed by atoms with Crippen LogP contribution in [0.15, 0.2) is 0 Å². The molecule has 0 aromatic heterocycles. The maximum atomic E-state index is 12.4. The van der Waals surface area contributed by atoms with Gasteiger partial charge in [0, 0.05) is 38.2 Å². The second-order valence-corrected chi connectivity index (χ2v) is 7.45. The van der Waals surface area contributed by atoms with Gasteiger partial charge in [-0.3, -0.25) is 9.69 Å². The van der Waals surface area contributed by atoms with Crippen molar-refractivity contribution in [2.45, 2.75) is 46.1 Å². The number of hydrogen-bond donors (Lipinski definition) is 0. The van der Waals surface area contributed by atoms with E-state index in [2.05, 4.69) is 4.90 Å². The van der Waals surface area contributed by atoms with Gasteiger partial charge in [0.05, 0.1) is 19.3 Å². The van der Waals surface area contributed by atoms with Crippen molar-refractivity contribution in [1.29, 1.82) is 0 Å². The molecular formula is C17H32N2O3. The molecule has 2 aliphatic heterocycles. The third kappa shape index (κ3) is 5.52. The fourth-order valence-electron chi connectivity index (χ4n) is 3.06. The summed E-state index contributed by atoms with van der Waals surface area (Å²) >= 11 is 0. The highest BCUT2D eigenvalue weighted by atomic mass is 16.5. The third-order valence-electron chi connectivity index (χ3n) is 4.40. The molecule has 0 radical (unpaired) electrons. The molecular weight excluding hydrogens is 280 g/mol. The van der Waals surface area contributed by atoms with Gasteiger partial charge in [0.2, 0.25) is 5.91 Å². The van der Waals surface area contributed by atoms with E-state index in [-0.39, 0.29) is 11.3 Å². The van der Waals surface area contributed by atoms with E-state index in [9.17, 15) is 4.79 Å². The van der Waals surface area contributed by atoms with Crippen LogP contribution in [0.3, 0.4) is 0 Å². The van der Waals surface area contributed by atoms with Crippen LogP contribution in [0.25, 0.3) is 0 Å². The van der Waals surface area contributed by atoms with Crippen LogP contribution in [0, 0.1) is 5.41 Å². The lowest BCUT2D eigenvalue weighted by Gasteiger charge is -2.28. The van der Waals surface area contributed by atoms with Gasteiger partial charge in [0.1, 0.15) is 0 Å². The molecule has 0 N–H and O–H groups in total. The maximum Gasteiger partial charge on any atom is 0.227 e. The number of hydrogen-bond acceptors (Lipinski definition) is 4. The van der Waals surface area contributed by atoms with E-state index in [4.69, 9.17) is 9.47 Å². The topological polar surface area (TPSA) is 42.0 Å². The van der Waals surface area contributed by atoms with Gasteiger partial charge < -0.3 is 14.4 Å². The summed E-state index contributed by atoms with van der Waals surface area (Å²) in [5.41, 5.74) is -0.278. The molecule has 0 aromatic rings. The van der Waals surface area contributed by atoms with Crippen LogP contribution in [0.5, 0.6) is 0 Å². The fraction of sp³-hybridized carbons (Fsp3) is 0.941. The van der Waals surface area contributed by atoms with Crippen LogP contribution >= 0.6 is 0 Å². The molecule has 0 bridgehead atoms. The number of carbonyl (C=O) groups is 1. The minimum absolute atomic E-state index is 0.268. The monoisotopic (exact) mass is 312 g/mol. The zero-order valence-electron chi connectivity index (χ0n) is 14.5. The first-order chi connectivity index (χ1) is 10.5. The first-order valence-electron chi connectivity index (χ1n) is 8.68. The first kappa shape index (κ1) is 17.7. The Bertz CT molecular complexity index is 348. The molecule has 128 valence electrons. The Morgan fingerprint density at radius 3 is 2.68 bits per heavy atom. The SMILES string of the molecule is CC(C)(C)C(=O)N1CCCN(CCOC[C@H]2CCCO2)CC1. The lowest BCUT2D eigenvalue weighted by molar-refractivity contribution is -0.139. The zero-order chi connectivity index (χ0) is 16.0. The minimum Gasteiger partial charge on any atom is -0.377 e. The Morgan fingerprint density at radius 2 is 2.00 bits per heavy atom. The van der Waals surface area contributed by atoms with Crippen molar-refractivity contribution >= 4 is 5.91 Å². The van der Waals surface area contributed by atoms with Gasteiger partial charge in [-0.1, -0.05) is 20.8 Å². The van der Waals surface area contributed by atoms with E-state index in [0.29, 0.717) is 6.10 Å². The molecule has 5 heteroatoms. The highest BCUT2D eigenvalue weighted by Crippen LogP contribution is 2.18. The van der Waals surface area contributed by atoms with Crippen molar-refractivity contribution in [3.63, 3.8) is 0 Å². The van der Waals surface area contributed by atoms with E-state index in [1.54, 1.807) is 0 Å². The van der Waals surface area contributed by atoms with Gasteiger partial charge in [0.25, 0.3) is 0 Å². The number of amides is 1. The summed E-state index contributed by atoms with van der Waals surface area (Å²) in [5.74, 6) is 0.268. The van der Waals surface area contributed by atoms with E-state index < -0.39 is 0 Å². The summed E-state index contributed by atoms with van der Waals surface area (Å²) < 4.78 is 11.3. The Balaban J connectivity index is 1.64. The van der Waals surface area contributed by atoms with Crippen LogP contribution < -0.4 is 0 Å². The maximum absolute atomic E-state index is 12.4. The predicted octanol–water partition coefficient (Wildman–Crippen LogP) is 1.76. The Kier molecular flexibility index (Phi) is 6.66. The minimum atomic E-state index is -0.278. The Labute approximate surface area is 134 Å². The van der Waals surface area contributed by atoms with Gasteiger partial charge in [-0.05, 0) is 25.8 Å². The average molecular weight is 312 g/mol. The molecule has 0 saturated carbocycles. The number of rotatable bonds is 5. The fourth-order valence-corrected chi connectivity index (χ4v) is 3.06. The smallest absolute Gasteiger partial charge is 0.227 e. The third-order valence-corrected chi connectivity index (χ3v) is 4.40. The molecule has 0 spiro atoms. The lowest BCUT2D eigenvalue weighted by atomic mass is 9.94. The number of nitrogens with zero attached hydrogens (tertiary/aromatic N) is 2. The summed E-state index contributed by atoms with van der Waals surface area (Å²) in [6.45, 7) is 13.0. The Hall–Kier alpha value is -0.650. The predicted molar refractivity (Wildman–Crippen MR) is 86.9 cm³/mol. The summed E-state index contributed by atoms with van der Waals surface area (Å²) in [4.78, 5) is 16.8. The summed E-state index contributed by atoms with van der Waals surface area (Å²) in [6.07, 6.45) is 3.66. The standard InChI is InChI=1S/C17H32N2O3/c1-17(2,3)16(20)19-8-5-7-18(9-10-19)11-13-21-14-15-6-4-12-22-15/h15H,4-14H2,1-3H3/t15-/m1/s1. The zero-order valence-corrected chi connectivity index (χ0v) is 14.5. The summed E-state index contributed by atoms with van der Waals surface area (Å²) in [7, 11) is 0. The number of ether oxygens (including phenoxy) is 2. The highest BCUT2D eigenvalue weighted by Gasteiger charge is 2.28. The molecule has 0 aromatic carbocycles. The molecule has 22 heavy (non-hydrogen) atoms. The average Bonchev–Trinajstić information content (AvgIpc) is 2.87. The summed E-state index contributed by atoms with van der Waals surface area (Å²) in [5, 5.41) is 0. The van der Waals surface area contributed by atoms with Crippen molar-refractivity contribution in [3.05, 3.63) is 0 Å². The van der Waals surface area contributed by atoms with Crippen LogP contribution in [0.4, 0.5) is 0 Å². The van der Waals surface area contributed by atoms with Crippen molar-refractivity contribution in [1.82, 2.24) is 9.80 Å². The van der Waals surface area contributed by atoms with Crippen LogP contribution in [0.1, 0.15) is 40.0 Å². The van der Waals surface area contributed by atoms with Crippen molar-refractivity contribution < 1.29 is 14.3 Å². The quantitative estimate of drug-likeness (QED) is 0.726. The van der Waals surface area contributed by atoms with E-state index in [1.165, 1.54) is 0 Å². The molecule has 0 unspecified atom stereocenters. The first-order valence-corrected chi connectivity index (χ1v) is 8.68. The highest BCUT2D eigenvalue weighted by molar-refractivity contribution is 5.81. The normalized spacial score (nSPS) is 24.5. The van der Waals surface area contributed by atoms with Gasteiger partial charge in [-0.2, -0.15) is 0 Å². The molecule has 5 nitrogen and oxygen atoms in total. The summed E-state index contributed by atoms with van der Waals surface area (Å²) in [6, 6.07) is 0.